The van der Waals surface area contributed by atoms with E-state index in [4.69, 9.17) is 9.47 Å². The molecule has 2 atom stereocenters. The smallest absolute Gasteiger partial charge is 0.411 e. The highest BCUT2D eigenvalue weighted by molar-refractivity contribution is 5.81. The topological polar surface area (TPSA) is 76.1 Å². The molecule has 1 aromatic carbocycles. The number of ether oxygens (including phenoxy) is 2. The van der Waals surface area contributed by atoms with Crippen LogP contribution in [0, 0.1) is 6.92 Å². The summed E-state index contributed by atoms with van der Waals surface area (Å²) in [4.78, 5) is 25.2. The van der Waals surface area contributed by atoms with Crippen LogP contribution in [0.1, 0.15) is 58.1 Å². The lowest BCUT2D eigenvalue weighted by Gasteiger charge is -2.26. The molecule has 1 aliphatic rings. The number of rotatable bonds is 4. The Balaban J connectivity index is 2.19. The van der Waals surface area contributed by atoms with Crippen LogP contribution in [0.15, 0.2) is 18.2 Å². The van der Waals surface area contributed by atoms with Crippen molar-refractivity contribution in [2.75, 3.05) is 6.54 Å². The maximum Gasteiger partial charge on any atom is 0.411 e. The van der Waals surface area contributed by atoms with E-state index in [0.29, 0.717) is 0 Å². The third kappa shape index (κ3) is 4.90. The monoisotopic (exact) mass is 363 g/mol. The number of nitrogens with zero attached hydrogens (tertiary/aromatic N) is 1. The molecule has 1 heterocycles. The molecular formula is C20H29NO5. The molecule has 1 amide bonds. The van der Waals surface area contributed by atoms with Crippen LogP contribution in [0.25, 0.3) is 0 Å². The van der Waals surface area contributed by atoms with Crippen molar-refractivity contribution >= 4 is 12.1 Å². The molecule has 1 N–H and O–H groups in total. The van der Waals surface area contributed by atoms with Gasteiger partial charge < -0.3 is 14.6 Å². The van der Waals surface area contributed by atoms with E-state index in [1.54, 1.807) is 20.8 Å². The van der Waals surface area contributed by atoms with Gasteiger partial charge in [0.05, 0.1) is 6.54 Å². The van der Waals surface area contributed by atoms with Gasteiger partial charge >= 0.3 is 12.1 Å². The van der Waals surface area contributed by atoms with Gasteiger partial charge in [-0.1, -0.05) is 26.0 Å². The minimum absolute atomic E-state index is 0.192. The van der Waals surface area contributed by atoms with E-state index < -0.39 is 23.7 Å². The standard InChI is InChI=1S/C20H29NO5/c1-12(2)15-8-7-13(3)9-17(15)25-14-10-16(18(22)23)21(11-14)19(24)26-20(4,5)6/h7-9,12,14,16H,10-11H2,1-6H3,(H,22,23). The van der Waals surface area contributed by atoms with Crippen molar-refractivity contribution in [3.8, 4) is 5.75 Å². The van der Waals surface area contributed by atoms with Crippen molar-refractivity contribution in [3.05, 3.63) is 29.3 Å². The number of amides is 1. The van der Waals surface area contributed by atoms with Gasteiger partial charge in [0.15, 0.2) is 0 Å². The molecule has 0 aromatic heterocycles. The summed E-state index contributed by atoms with van der Waals surface area (Å²) in [5, 5.41) is 9.50. The Labute approximate surface area is 155 Å². The maximum absolute atomic E-state index is 12.4. The largest absolute Gasteiger partial charge is 0.488 e. The summed E-state index contributed by atoms with van der Waals surface area (Å²) >= 11 is 0. The van der Waals surface area contributed by atoms with E-state index in [-0.39, 0.29) is 25.0 Å². The zero-order valence-corrected chi connectivity index (χ0v) is 16.4. The van der Waals surface area contributed by atoms with Crippen LogP contribution < -0.4 is 4.74 Å². The van der Waals surface area contributed by atoms with Crippen LogP contribution in [0.2, 0.25) is 0 Å². The highest BCUT2D eigenvalue weighted by atomic mass is 16.6. The number of hydrogen-bond donors (Lipinski definition) is 1. The molecule has 26 heavy (non-hydrogen) atoms. The lowest BCUT2D eigenvalue weighted by atomic mass is 10.0. The van der Waals surface area contributed by atoms with E-state index in [2.05, 4.69) is 13.8 Å². The second-order valence-electron chi connectivity index (χ2n) is 8.16. The van der Waals surface area contributed by atoms with Crippen molar-refractivity contribution in [1.82, 2.24) is 4.90 Å². The summed E-state index contributed by atoms with van der Waals surface area (Å²) in [7, 11) is 0. The molecule has 2 rings (SSSR count). The Morgan fingerprint density at radius 2 is 1.92 bits per heavy atom. The summed E-state index contributed by atoms with van der Waals surface area (Å²) < 4.78 is 11.5. The van der Waals surface area contributed by atoms with E-state index in [9.17, 15) is 14.7 Å². The van der Waals surface area contributed by atoms with Gasteiger partial charge in [0, 0.05) is 6.42 Å². The second kappa shape index (κ2) is 7.56. The SMILES string of the molecule is Cc1ccc(C(C)C)c(OC2CC(C(=O)O)N(C(=O)OC(C)(C)C)C2)c1. The Bertz CT molecular complexity index is 677. The summed E-state index contributed by atoms with van der Waals surface area (Å²) in [6.45, 7) is 11.6. The van der Waals surface area contributed by atoms with Gasteiger partial charge in [-0.3, -0.25) is 4.90 Å². The Morgan fingerprint density at radius 3 is 2.46 bits per heavy atom. The number of benzene rings is 1. The summed E-state index contributed by atoms with van der Waals surface area (Å²) in [5.74, 6) is -0.0142. The van der Waals surface area contributed by atoms with Crippen molar-refractivity contribution in [2.45, 2.75) is 71.6 Å². The first-order valence-electron chi connectivity index (χ1n) is 8.97. The lowest BCUT2D eigenvalue weighted by Crippen LogP contribution is -2.43. The number of likely N-dealkylation sites (tertiary alicyclic amines) is 1. The second-order valence-corrected chi connectivity index (χ2v) is 8.16. The number of carboxylic acid groups (broad SMARTS) is 1. The van der Waals surface area contributed by atoms with Gasteiger partial charge in [0.2, 0.25) is 0 Å². The molecule has 6 heteroatoms. The highest BCUT2D eigenvalue weighted by Gasteiger charge is 2.42. The molecule has 2 unspecified atom stereocenters. The number of aliphatic carboxylic acids is 1. The Morgan fingerprint density at radius 1 is 1.27 bits per heavy atom. The van der Waals surface area contributed by atoms with Gasteiger partial charge in [-0.25, -0.2) is 9.59 Å². The van der Waals surface area contributed by atoms with E-state index >= 15 is 0 Å². The summed E-state index contributed by atoms with van der Waals surface area (Å²) in [6, 6.07) is 5.08. The predicted molar refractivity (Wildman–Crippen MR) is 98.7 cm³/mol. The van der Waals surface area contributed by atoms with Crippen molar-refractivity contribution in [2.24, 2.45) is 0 Å². The zero-order chi connectivity index (χ0) is 19.6. The van der Waals surface area contributed by atoms with Crippen LogP contribution >= 0.6 is 0 Å². The fourth-order valence-electron chi connectivity index (χ4n) is 3.04. The predicted octanol–water partition coefficient (Wildman–Crippen LogP) is 3.96. The van der Waals surface area contributed by atoms with E-state index in [0.717, 1.165) is 16.9 Å². The Kier molecular flexibility index (Phi) is 5.84. The van der Waals surface area contributed by atoms with E-state index in [1.165, 1.54) is 4.90 Å². The maximum atomic E-state index is 12.4. The normalized spacial score (nSPS) is 20.3. The number of carboxylic acids is 1. The number of carbonyl (C=O) groups excluding carboxylic acids is 1. The van der Waals surface area contributed by atoms with Gasteiger partial charge in [0.25, 0.3) is 0 Å². The third-order valence-electron chi connectivity index (χ3n) is 4.26. The molecular weight excluding hydrogens is 334 g/mol. The molecule has 6 nitrogen and oxygen atoms in total. The van der Waals surface area contributed by atoms with Crippen LogP contribution in [0.4, 0.5) is 4.79 Å². The first-order valence-corrected chi connectivity index (χ1v) is 8.97. The average molecular weight is 363 g/mol. The fraction of sp³-hybridized carbons (Fsp3) is 0.600. The average Bonchev–Trinajstić information content (AvgIpc) is 2.89. The van der Waals surface area contributed by atoms with Crippen LogP contribution in [-0.2, 0) is 9.53 Å². The molecule has 1 aromatic rings. The fourth-order valence-corrected chi connectivity index (χ4v) is 3.04. The molecule has 1 aliphatic heterocycles. The van der Waals surface area contributed by atoms with Crippen LogP contribution in [-0.4, -0.2) is 46.4 Å². The van der Waals surface area contributed by atoms with Crippen molar-refractivity contribution < 1.29 is 24.2 Å². The van der Waals surface area contributed by atoms with Gasteiger partial charge in [-0.05, 0) is 50.8 Å². The molecule has 0 spiro atoms. The molecule has 1 fully saturated rings. The van der Waals surface area contributed by atoms with Gasteiger partial charge in [-0.15, -0.1) is 0 Å². The first-order chi connectivity index (χ1) is 12.0. The third-order valence-corrected chi connectivity index (χ3v) is 4.26. The summed E-state index contributed by atoms with van der Waals surface area (Å²) in [6.07, 6.45) is -0.771. The quantitative estimate of drug-likeness (QED) is 0.876. The molecule has 1 saturated heterocycles. The van der Waals surface area contributed by atoms with Gasteiger partial charge in [0.1, 0.15) is 23.5 Å². The van der Waals surface area contributed by atoms with Crippen LogP contribution in [0.5, 0.6) is 5.75 Å². The first kappa shape index (κ1) is 20.1. The van der Waals surface area contributed by atoms with Crippen molar-refractivity contribution in [1.29, 1.82) is 0 Å². The molecule has 0 aliphatic carbocycles. The molecule has 144 valence electrons. The van der Waals surface area contributed by atoms with E-state index in [1.807, 2.05) is 25.1 Å². The molecule has 0 saturated carbocycles. The number of hydrogen-bond acceptors (Lipinski definition) is 4. The molecule has 0 bridgehead atoms. The minimum Gasteiger partial charge on any atom is -0.488 e. The zero-order valence-electron chi connectivity index (χ0n) is 16.4. The number of carbonyl (C=O) groups is 2. The lowest BCUT2D eigenvalue weighted by molar-refractivity contribution is -0.142. The van der Waals surface area contributed by atoms with Crippen LogP contribution in [0.3, 0.4) is 0 Å². The van der Waals surface area contributed by atoms with Gasteiger partial charge in [-0.2, -0.15) is 0 Å². The highest BCUT2D eigenvalue weighted by Crippen LogP contribution is 2.31. The number of aryl methyl sites for hydroxylation is 1. The Hall–Kier alpha value is -2.24. The summed E-state index contributed by atoms with van der Waals surface area (Å²) in [5.41, 5.74) is 1.46. The minimum atomic E-state index is -1.05. The van der Waals surface area contributed by atoms with Crippen molar-refractivity contribution in [3.63, 3.8) is 0 Å². The molecule has 0 radical (unpaired) electrons.